The number of fused-ring (bicyclic) bond motifs is 1. The Morgan fingerprint density at radius 1 is 1.14 bits per heavy atom. The van der Waals surface area contributed by atoms with Gasteiger partial charge in [0.1, 0.15) is 11.3 Å². The van der Waals surface area contributed by atoms with Crippen LogP contribution >= 0.6 is 11.6 Å². The highest BCUT2D eigenvalue weighted by molar-refractivity contribution is 6.33. The molecule has 36 heavy (non-hydrogen) atoms. The number of hydrogen-bond acceptors (Lipinski definition) is 7. The molecule has 5 rings (SSSR count). The predicted molar refractivity (Wildman–Crippen MR) is 132 cm³/mol. The highest BCUT2D eigenvalue weighted by Gasteiger charge is 2.30. The van der Waals surface area contributed by atoms with Crippen molar-refractivity contribution in [1.82, 2.24) is 19.5 Å². The number of nitrogens with zero attached hydrogens (tertiary/aromatic N) is 4. The van der Waals surface area contributed by atoms with Gasteiger partial charge in [0, 0.05) is 24.1 Å². The summed E-state index contributed by atoms with van der Waals surface area (Å²) in [5, 5.41) is 16.1. The van der Waals surface area contributed by atoms with Crippen molar-refractivity contribution in [3.05, 3.63) is 35.0 Å². The molecule has 0 bridgehead atoms. The van der Waals surface area contributed by atoms with Gasteiger partial charge in [0.2, 0.25) is 17.8 Å². The Balaban J connectivity index is 1.51. The van der Waals surface area contributed by atoms with E-state index in [0.29, 0.717) is 55.2 Å². The number of aliphatic hydroxyl groups excluding tert-OH is 1. The lowest BCUT2D eigenvalue weighted by Gasteiger charge is -2.29. The van der Waals surface area contributed by atoms with Gasteiger partial charge in [0.05, 0.1) is 23.0 Å². The van der Waals surface area contributed by atoms with Crippen LogP contribution in [0.3, 0.4) is 0 Å². The van der Waals surface area contributed by atoms with Gasteiger partial charge in [-0.05, 0) is 57.4 Å². The van der Waals surface area contributed by atoms with Crippen LogP contribution in [0.1, 0.15) is 57.4 Å². The van der Waals surface area contributed by atoms with Crippen molar-refractivity contribution >= 4 is 46.3 Å². The summed E-state index contributed by atoms with van der Waals surface area (Å²) < 4.78 is 30.1. The van der Waals surface area contributed by atoms with Crippen molar-refractivity contribution in [2.45, 2.75) is 69.6 Å². The molecule has 3 aromatic rings. The molecule has 2 atom stereocenters. The summed E-state index contributed by atoms with van der Waals surface area (Å²) in [6, 6.07) is 1.74. The number of carbonyl (C=O) groups is 1. The quantitative estimate of drug-likeness (QED) is 0.379. The summed E-state index contributed by atoms with van der Waals surface area (Å²) >= 11 is 6.13. The minimum atomic E-state index is -0.847. The molecule has 2 fully saturated rings. The second-order valence-corrected chi connectivity index (χ2v) is 10.1. The number of carbonyl (C=O) groups excluding carboxylic acids is 1. The SMILES string of the molecule is NC(=O)[C@H]1CC[C@H](n2c(Nc3c(F)cc(F)cc3Cl)nc3cnc(N[C@H]4CCC[C@@H](O)C4)nc32)CC1. The molecule has 192 valence electrons. The number of hydrogen-bond donors (Lipinski definition) is 4. The Morgan fingerprint density at radius 2 is 1.92 bits per heavy atom. The van der Waals surface area contributed by atoms with E-state index >= 15 is 0 Å². The number of primary amides is 1. The zero-order valence-corrected chi connectivity index (χ0v) is 20.3. The Morgan fingerprint density at radius 3 is 2.61 bits per heavy atom. The molecule has 1 amide bonds. The van der Waals surface area contributed by atoms with Crippen molar-refractivity contribution < 1.29 is 18.7 Å². The van der Waals surface area contributed by atoms with E-state index in [9.17, 15) is 18.7 Å². The Kier molecular flexibility index (Phi) is 6.94. The van der Waals surface area contributed by atoms with Gasteiger partial charge in [-0.1, -0.05) is 11.6 Å². The first-order valence-corrected chi connectivity index (χ1v) is 12.6. The summed E-state index contributed by atoms with van der Waals surface area (Å²) in [4.78, 5) is 25.4. The first kappa shape index (κ1) is 24.6. The number of imidazole rings is 1. The highest BCUT2D eigenvalue weighted by Crippen LogP contribution is 2.38. The maximum atomic E-state index is 14.6. The maximum absolute atomic E-state index is 14.6. The number of amides is 1. The fourth-order valence-corrected chi connectivity index (χ4v) is 5.51. The van der Waals surface area contributed by atoms with Gasteiger partial charge in [-0.15, -0.1) is 0 Å². The molecule has 0 unspecified atom stereocenters. The minimum absolute atomic E-state index is 0.0540. The number of rotatable bonds is 6. The van der Waals surface area contributed by atoms with Crippen LogP contribution in [-0.4, -0.2) is 42.7 Å². The van der Waals surface area contributed by atoms with Crippen LogP contribution in [-0.2, 0) is 4.79 Å². The Labute approximate surface area is 211 Å². The topological polar surface area (TPSA) is 131 Å². The minimum Gasteiger partial charge on any atom is -0.393 e. The van der Waals surface area contributed by atoms with E-state index in [0.717, 1.165) is 31.4 Å². The standard InChI is InChI=1S/C24H28ClF2N7O2/c25-17-8-13(26)9-18(27)20(17)32-24-31-19-11-29-23(30-14-2-1-3-16(35)10-14)33-22(19)34(24)15-6-4-12(5-7-15)21(28)36/h8-9,11-12,14-16,35H,1-7,10H2,(H2,28,36)(H,31,32)(H,29,30,33)/t12-,14-,15-,16+/m0/s1. The van der Waals surface area contributed by atoms with Gasteiger partial charge >= 0.3 is 0 Å². The van der Waals surface area contributed by atoms with Crippen LogP contribution in [0.25, 0.3) is 11.2 Å². The highest BCUT2D eigenvalue weighted by atomic mass is 35.5. The fourth-order valence-electron chi connectivity index (χ4n) is 5.26. The Hall–Kier alpha value is -3.05. The average Bonchev–Trinajstić information content (AvgIpc) is 3.18. The van der Waals surface area contributed by atoms with E-state index in [2.05, 4.69) is 20.6 Å². The zero-order chi connectivity index (χ0) is 25.4. The second kappa shape index (κ2) is 10.1. The van der Waals surface area contributed by atoms with Crippen molar-refractivity contribution in [3.63, 3.8) is 0 Å². The lowest BCUT2D eigenvalue weighted by atomic mass is 9.85. The first-order chi connectivity index (χ1) is 17.3. The molecule has 2 heterocycles. The van der Waals surface area contributed by atoms with Crippen LogP contribution in [0.2, 0.25) is 5.02 Å². The molecular weight excluding hydrogens is 492 g/mol. The molecule has 5 N–H and O–H groups in total. The lowest BCUT2D eigenvalue weighted by Crippen LogP contribution is -2.30. The van der Waals surface area contributed by atoms with E-state index in [1.807, 2.05) is 4.57 Å². The smallest absolute Gasteiger partial charge is 0.224 e. The van der Waals surface area contributed by atoms with E-state index in [1.54, 1.807) is 6.20 Å². The van der Waals surface area contributed by atoms with E-state index in [1.165, 1.54) is 0 Å². The average molecular weight is 520 g/mol. The van der Waals surface area contributed by atoms with Crippen molar-refractivity contribution in [2.75, 3.05) is 10.6 Å². The summed E-state index contributed by atoms with van der Waals surface area (Å²) in [7, 11) is 0. The van der Waals surface area contributed by atoms with Gasteiger partial charge < -0.3 is 21.5 Å². The number of anilines is 3. The number of benzene rings is 1. The van der Waals surface area contributed by atoms with Crippen LogP contribution < -0.4 is 16.4 Å². The van der Waals surface area contributed by atoms with Crippen LogP contribution in [0.15, 0.2) is 18.3 Å². The van der Waals surface area contributed by atoms with Gasteiger partial charge in [0.25, 0.3) is 0 Å². The normalized spacial score (nSPS) is 24.6. The van der Waals surface area contributed by atoms with E-state index in [4.69, 9.17) is 22.3 Å². The summed E-state index contributed by atoms with van der Waals surface area (Å²) in [6.45, 7) is 0. The third-order valence-corrected chi connectivity index (χ3v) is 7.42. The molecule has 0 saturated heterocycles. The molecule has 12 heteroatoms. The molecular formula is C24H28ClF2N7O2. The van der Waals surface area contributed by atoms with E-state index in [-0.39, 0.29) is 40.7 Å². The molecule has 9 nitrogen and oxygen atoms in total. The van der Waals surface area contributed by atoms with Gasteiger partial charge in [0.15, 0.2) is 11.5 Å². The third-order valence-electron chi connectivity index (χ3n) is 7.12. The molecule has 2 aromatic heterocycles. The van der Waals surface area contributed by atoms with Gasteiger partial charge in [-0.2, -0.15) is 4.98 Å². The van der Waals surface area contributed by atoms with Crippen LogP contribution in [0.4, 0.5) is 26.4 Å². The van der Waals surface area contributed by atoms with Crippen LogP contribution in [0, 0.1) is 17.6 Å². The number of aromatic nitrogens is 4. The summed E-state index contributed by atoms with van der Waals surface area (Å²) in [5.41, 5.74) is 6.44. The fraction of sp³-hybridized carbons (Fsp3) is 0.500. The number of nitrogens with two attached hydrogens (primary N) is 1. The molecule has 2 saturated carbocycles. The van der Waals surface area contributed by atoms with Crippen molar-refractivity contribution in [3.8, 4) is 0 Å². The van der Waals surface area contributed by atoms with Gasteiger partial charge in [-0.3, -0.25) is 9.36 Å². The van der Waals surface area contributed by atoms with Gasteiger partial charge in [-0.25, -0.2) is 18.7 Å². The molecule has 0 aliphatic heterocycles. The first-order valence-electron chi connectivity index (χ1n) is 12.2. The monoisotopic (exact) mass is 519 g/mol. The number of halogens is 3. The molecule has 2 aliphatic rings. The van der Waals surface area contributed by atoms with E-state index < -0.39 is 11.6 Å². The van der Waals surface area contributed by atoms with Crippen molar-refractivity contribution in [1.29, 1.82) is 0 Å². The second-order valence-electron chi connectivity index (χ2n) is 9.65. The third kappa shape index (κ3) is 5.08. The molecule has 1 aromatic carbocycles. The van der Waals surface area contributed by atoms with Crippen molar-refractivity contribution in [2.24, 2.45) is 11.7 Å². The Bertz CT molecular complexity index is 1260. The largest absolute Gasteiger partial charge is 0.393 e. The summed E-state index contributed by atoms with van der Waals surface area (Å²) in [6.07, 6.45) is 6.99. The maximum Gasteiger partial charge on any atom is 0.224 e. The zero-order valence-electron chi connectivity index (χ0n) is 19.6. The lowest BCUT2D eigenvalue weighted by molar-refractivity contribution is -0.122. The predicted octanol–water partition coefficient (Wildman–Crippen LogP) is 4.43. The summed E-state index contributed by atoms with van der Waals surface area (Å²) in [5.74, 6) is -1.44. The number of nitrogens with one attached hydrogen (secondary N) is 2. The molecule has 0 radical (unpaired) electrons. The number of aliphatic hydroxyl groups is 1. The molecule has 2 aliphatic carbocycles. The van der Waals surface area contributed by atoms with Crippen LogP contribution in [0.5, 0.6) is 0 Å². The molecule has 0 spiro atoms.